The highest BCUT2D eigenvalue weighted by atomic mass is 16.3. The van der Waals surface area contributed by atoms with Crippen molar-refractivity contribution in [2.24, 2.45) is 4.99 Å². The van der Waals surface area contributed by atoms with Gasteiger partial charge in [0.15, 0.2) is 0 Å². The Kier molecular flexibility index (Phi) is 5.59. The van der Waals surface area contributed by atoms with Gasteiger partial charge < -0.3 is 5.11 Å². The normalized spacial score (nSPS) is 12.0. The summed E-state index contributed by atoms with van der Waals surface area (Å²) in [6, 6.07) is 14.4. The van der Waals surface area contributed by atoms with E-state index in [4.69, 9.17) is 0 Å². The summed E-state index contributed by atoms with van der Waals surface area (Å²) in [5, 5.41) is 10.8. The number of aryl methyl sites for hydroxylation is 1. The number of rotatable bonds is 6. The molecule has 0 amide bonds. The van der Waals surface area contributed by atoms with Crippen LogP contribution in [0.25, 0.3) is 0 Å². The van der Waals surface area contributed by atoms with E-state index in [2.05, 4.69) is 50.9 Å². The summed E-state index contributed by atoms with van der Waals surface area (Å²) in [6.45, 7) is 9.32. The summed E-state index contributed by atoms with van der Waals surface area (Å²) in [5.41, 5.74) is 3.82. The van der Waals surface area contributed by atoms with E-state index < -0.39 is 0 Å². The SMILES string of the molecule is CCCCN=Cc1cc(C)cc(C(C)(C)c2ccccc2)c1O. The largest absolute Gasteiger partial charge is 0.507 e. The minimum atomic E-state index is -0.261. The lowest BCUT2D eigenvalue weighted by atomic mass is 9.76. The summed E-state index contributed by atoms with van der Waals surface area (Å²) in [7, 11) is 0. The Labute approximate surface area is 139 Å². The fourth-order valence-corrected chi connectivity index (χ4v) is 2.80. The third kappa shape index (κ3) is 4.01. The number of nitrogens with zero attached hydrogens (tertiary/aromatic N) is 1. The first-order valence-electron chi connectivity index (χ1n) is 8.36. The molecule has 0 atom stereocenters. The second-order valence-corrected chi connectivity index (χ2v) is 6.63. The van der Waals surface area contributed by atoms with Gasteiger partial charge in [-0.2, -0.15) is 0 Å². The van der Waals surface area contributed by atoms with Gasteiger partial charge in [-0.15, -0.1) is 0 Å². The van der Waals surface area contributed by atoms with E-state index in [-0.39, 0.29) is 5.41 Å². The number of aromatic hydroxyl groups is 1. The van der Waals surface area contributed by atoms with Crippen LogP contribution in [0.1, 0.15) is 55.9 Å². The predicted molar refractivity (Wildman–Crippen MR) is 98.8 cm³/mol. The van der Waals surface area contributed by atoms with E-state index in [1.54, 1.807) is 0 Å². The second kappa shape index (κ2) is 7.45. The molecule has 0 aliphatic carbocycles. The first kappa shape index (κ1) is 17.3. The summed E-state index contributed by atoms with van der Waals surface area (Å²) in [4.78, 5) is 4.44. The third-order valence-electron chi connectivity index (χ3n) is 4.32. The summed E-state index contributed by atoms with van der Waals surface area (Å²) in [6.07, 6.45) is 4.01. The molecule has 2 aromatic rings. The highest BCUT2D eigenvalue weighted by molar-refractivity contribution is 5.85. The molecule has 122 valence electrons. The zero-order chi connectivity index (χ0) is 16.9. The topological polar surface area (TPSA) is 32.6 Å². The molecule has 0 aliphatic heterocycles. The van der Waals surface area contributed by atoms with Gasteiger partial charge in [-0.3, -0.25) is 4.99 Å². The molecule has 0 unspecified atom stereocenters. The van der Waals surface area contributed by atoms with Crippen LogP contribution in [0.5, 0.6) is 5.75 Å². The molecule has 2 aromatic carbocycles. The van der Waals surface area contributed by atoms with Crippen molar-refractivity contribution in [2.75, 3.05) is 6.54 Å². The van der Waals surface area contributed by atoms with E-state index >= 15 is 0 Å². The molecule has 0 spiro atoms. The molecule has 0 aliphatic rings. The van der Waals surface area contributed by atoms with E-state index in [9.17, 15) is 5.11 Å². The fourth-order valence-electron chi connectivity index (χ4n) is 2.80. The van der Waals surface area contributed by atoms with Gasteiger partial charge in [0, 0.05) is 29.3 Å². The van der Waals surface area contributed by atoms with E-state index in [1.165, 1.54) is 5.56 Å². The van der Waals surface area contributed by atoms with Crippen molar-refractivity contribution in [1.82, 2.24) is 0 Å². The monoisotopic (exact) mass is 309 g/mol. The average Bonchev–Trinajstić information content (AvgIpc) is 2.55. The minimum Gasteiger partial charge on any atom is -0.507 e. The van der Waals surface area contributed by atoms with Crippen LogP contribution in [0.2, 0.25) is 0 Å². The Bertz CT molecular complexity index is 672. The molecule has 0 bridgehead atoms. The van der Waals surface area contributed by atoms with E-state index in [1.807, 2.05) is 30.5 Å². The van der Waals surface area contributed by atoms with E-state index in [0.717, 1.165) is 36.1 Å². The quantitative estimate of drug-likeness (QED) is 0.574. The maximum atomic E-state index is 10.8. The highest BCUT2D eigenvalue weighted by Gasteiger charge is 2.27. The Morgan fingerprint density at radius 3 is 2.48 bits per heavy atom. The zero-order valence-electron chi connectivity index (χ0n) is 14.6. The molecular weight excluding hydrogens is 282 g/mol. The van der Waals surface area contributed by atoms with Crippen LogP contribution in [-0.4, -0.2) is 17.9 Å². The van der Waals surface area contributed by atoms with Gasteiger partial charge in [0.05, 0.1) is 0 Å². The molecule has 0 heterocycles. The van der Waals surface area contributed by atoms with Crippen molar-refractivity contribution in [3.05, 3.63) is 64.7 Å². The van der Waals surface area contributed by atoms with Gasteiger partial charge in [-0.1, -0.05) is 63.6 Å². The maximum absolute atomic E-state index is 10.8. The predicted octanol–water partition coefficient (Wildman–Crippen LogP) is 5.25. The Morgan fingerprint density at radius 1 is 1.13 bits per heavy atom. The highest BCUT2D eigenvalue weighted by Crippen LogP contribution is 2.38. The van der Waals surface area contributed by atoms with Crippen LogP contribution >= 0.6 is 0 Å². The summed E-state index contributed by atoms with van der Waals surface area (Å²) in [5.74, 6) is 0.338. The van der Waals surface area contributed by atoms with Crippen molar-refractivity contribution in [2.45, 2.75) is 46.0 Å². The summed E-state index contributed by atoms with van der Waals surface area (Å²) < 4.78 is 0. The Morgan fingerprint density at radius 2 is 1.83 bits per heavy atom. The zero-order valence-corrected chi connectivity index (χ0v) is 14.6. The number of phenols is 1. The third-order valence-corrected chi connectivity index (χ3v) is 4.32. The standard InChI is InChI=1S/C21H27NO/c1-5-6-12-22-15-17-13-16(2)14-19(20(17)23)21(3,4)18-10-8-7-9-11-18/h7-11,13-15,23H,5-6,12H2,1-4H3. The van der Waals surface area contributed by atoms with Crippen molar-refractivity contribution in [3.63, 3.8) is 0 Å². The minimum absolute atomic E-state index is 0.261. The fraction of sp³-hybridized carbons (Fsp3) is 0.381. The van der Waals surface area contributed by atoms with Crippen LogP contribution in [-0.2, 0) is 5.41 Å². The number of aliphatic imine (C=N–C) groups is 1. The van der Waals surface area contributed by atoms with Gasteiger partial charge in [0.1, 0.15) is 5.75 Å². The van der Waals surface area contributed by atoms with Crippen molar-refractivity contribution in [1.29, 1.82) is 0 Å². The van der Waals surface area contributed by atoms with Gasteiger partial charge in [-0.25, -0.2) is 0 Å². The van der Waals surface area contributed by atoms with Gasteiger partial charge in [0.2, 0.25) is 0 Å². The van der Waals surface area contributed by atoms with Crippen LogP contribution < -0.4 is 0 Å². The molecule has 2 heteroatoms. The lowest BCUT2D eigenvalue weighted by Crippen LogP contribution is -2.19. The average molecular weight is 309 g/mol. The van der Waals surface area contributed by atoms with Gasteiger partial charge >= 0.3 is 0 Å². The van der Waals surface area contributed by atoms with Gasteiger partial charge in [0.25, 0.3) is 0 Å². The van der Waals surface area contributed by atoms with Crippen molar-refractivity contribution < 1.29 is 5.11 Å². The van der Waals surface area contributed by atoms with Gasteiger partial charge in [-0.05, 0) is 30.5 Å². The molecular formula is C21H27NO. The molecule has 0 saturated heterocycles. The first-order chi connectivity index (χ1) is 11.0. The Balaban J connectivity index is 2.43. The molecule has 0 radical (unpaired) electrons. The van der Waals surface area contributed by atoms with Crippen LogP contribution in [0.3, 0.4) is 0 Å². The van der Waals surface area contributed by atoms with Crippen LogP contribution in [0.15, 0.2) is 47.5 Å². The molecule has 2 rings (SSSR count). The lowest BCUT2D eigenvalue weighted by Gasteiger charge is -2.28. The number of benzene rings is 2. The van der Waals surface area contributed by atoms with Crippen molar-refractivity contribution in [3.8, 4) is 5.75 Å². The number of hydrogen-bond donors (Lipinski definition) is 1. The first-order valence-corrected chi connectivity index (χ1v) is 8.36. The molecule has 23 heavy (non-hydrogen) atoms. The molecule has 0 fully saturated rings. The number of unbranched alkanes of at least 4 members (excludes halogenated alkanes) is 1. The Hall–Kier alpha value is -2.09. The molecule has 0 aromatic heterocycles. The van der Waals surface area contributed by atoms with E-state index in [0.29, 0.717) is 5.75 Å². The van der Waals surface area contributed by atoms with Crippen LogP contribution in [0, 0.1) is 6.92 Å². The van der Waals surface area contributed by atoms with Crippen LogP contribution in [0.4, 0.5) is 0 Å². The molecule has 0 saturated carbocycles. The smallest absolute Gasteiger partial charge is 0.128 e. The van der Waals surface area contributed by atoms with Crippen molar-refractivity contribution >= 4 is 6.21 Å². The second-order valence-electron chi connectivity index (χ2n) is 6.63. The number of hydrogen-bond acceptors (Lipinski definition) is 2. The summed E-state index contributed by atoms with van der Waals surface area (Å²) >= 11 is 0. The molecule has 2 nitrogen and oxygen atoms in total. The lowest BCUT2D eigenvalue weighted by molar-refractivity contribution is 0.452. The molecule has 1 N–H and O–H groups in total. The maximum Gasteiger partial charge on any atom is 0.128 e. The number of phenolic OH excluding ortho intramolecular Hbond substituents is 1.